The van der Waals surface area contributed by atoms with E-state index in [2.05, 4.69) is 52.1 Å². The van der Waals surface area contributed by atoms with Gasteiger partial charge in [0.1, 0.15) is 15.2 Å². The van der Waals surface area contributed by atoms with Crippen LogP contribution in [0.1, 0.15) is 53.7 Å². The van der Waals surface area contributed by atoms with E-state index in [0.717, 1.165) is 18.1 Å². The minimum Gasteiger partial charge on any atom is -0.396 e. The molecule has 3 N–H and O–H groups in total. The number of aromatic nitrogens is 1. The molecule has 31 heavy (non-hydrogen) atoms. The molecule has 0 aliphatic rings. The van der Waals surface area contributed by atoms with Crippen LogP contribution in [-0.2, 0) is 15.3 Å². The first-order valence-electron chi connectivity index (χ1n) is 10.7. The van der Waals surface area contributed by atoms with Gasteiger partial charge in [-0.05, 0) is 54.4 Å². The van der Waals surface area contributed by atoms with Crippen LogP contribution in [0.25, 0.3) is 0 Å². The highest BCUT2D eigenvalue weighted by Gasteiger charge is 2.42. The molecule has 10 heteroatoms. The van der Waals surface area contributed by atoms with Crippen molar-refractivity contribution in [2.45, 2.75) is 76.4 Å². The Morgan fingerprint density at radius 1 is 1.32 bits per heavy atom. The van der Waals surface area contributed by atoms with Gasteiger partial charge in [-0.2, -0.15) is 5.26 Å². The topological polar surface area (TPSA) is 112 Å². The standard InChI is InChI=1S/C21H36BrFN4O2SSi/c1-7-31(8-2,9-3)16-13-17(22)27-19(18(16)23)21(6,25)15-30(29,20(4,5)14-24)26-11-10-12-28/h13,28H,7-12,15,25H2,1-6H3/t21-,30+/m0/s1. The molecular weight excluding hydrogens is 499 g/mol. The minimum atomic E-state index is -3.17. The molecule has 6 nitrogen and oxygen atoms in total. The highest BCUT2D eigenvalue weighted by Crippen LogP contribution is 2.31. The van der Waals surface area contributed by atoms with E-state index >= 15 is 4.39 Å². The van der Waals surface area contributed by atoms with Crippen LogP contribution in [0.4, 0.5) is 4.39 Å². The molecule has 2 atom stereocenters. The zero-order valence-corrected chi connectivity index (χ0v) is 22.9. The summed E-state index contributed by atoms with van der Waals surface area (Å²) in [6, 6.07) is 6.51. The summed E-state index contributed by atoms with van der Waals surface area (Å²) in [6.45, 7) is 11.0. The van der Waals surface area contributed by atoms with Crippen LogP contribution in [0, 0.1) is 17.1 Å². The summed E-state index contributed by atoms with van der Waals surface area (Å²) >= 11 is 3.42. The largest absolute Gasteiger partial charge is 0.396 e. The minimum absolute atomic E-state index is 0.0444. The number of aliphatic hydroxyl groups is 1. The van der Waals surface area contributed by atoms with Crippen molar-refractivity contribution in [1.82, 2.24) is 4.98 Å². The predicted octanol–water partition coefficient (Wildman–Crippen LogP) is 4.03. The van der Waals surface area contributed by atoms with Crippen LogP contribution < -0.4 is 10.9 Å². The van der Waals surface area contributed by atoms with E-state index in [1.54, 1.807) is 26.8 Å². The monoisotopic (exact) mass is 534 g/mol. The lowest BCUT2D eigenvalue weighted by atomic mass is 10.0. The highest BCUT2D eigenvalue weighted by molar-refractivity contribution is 9.10. The molecular formula is C21H36BrFN4O2SSi. The molecule has 0 saturated heterocycles. The maximum Gasteiger partial charge on any atom is 0.145 e. The number of aliphatic hydroxyl groups excluding tert-OH is 1. The SMILES string of the molecule is CC[Si](CC)(CC)c1cc(Br)nc([C@@](C)(N)C[S@](=O)(=NCCCO)C(C)(C)C#N)c1F. The Balaban J connectivity index is 3.69. The van der Waals surface area contributed by atoms with Gasteiger partial charge < -0.3 is 10.8 Å². The molecule has 0 bridgehead atoms. The first-order valence-corrected chi connectivity index (χ1v) is 15.8. The van der Waals surface area contributed by atoms with Gasteiger partial charge in [-0.15, -0.1) is 0 Å². The van der Waals surface area contributed by atoms with Gasteiger partial charge >= 0.3 is 0 Å². The van der Waals surface area contributed by atoms with E-state index in [-0.39, 0.29) is 24.6 Å². The molecule has 0 spiro atoms. The van der Waals surface area contributed by atoms with Gasteiger partial charge in [0, 0.05) is 6.61 Å². The highest BCUT2D eigenvalue weighted by atomic mass is 79.9. The van der Waals surface area contributed by atoms with E-state index < -0.39 is 33.9 Å². The smallest absolute Gasteiger partial charge is 0.145 e. The van der Waals surface area contributed by atoms with Gasteiger partial charge in [0.2, 0.25) is 0 Å². The number of nitrogens with two attached hydrogens (primary N) is 1. The van der Waals surface area contributed by atoms with Gasteiger partial charge in [0.05, 0.1) is 47.4 Å². The third kappa shape index (κ3) is 5.93. The van der Waals surface area contributed by atoms with E-state index in [4.69, 9.17) is 10.8 Å². The molecule has 0 unspecified atom stereocenters. The molecule has 0 aromatic carbocycles. The van der Waals surface area contributed by atoms with E-state index in [1.165, 1.54) is 0 Å². The lowest BCUT2D eigenvalue weighted by Crippen LogP contribution is -2.51. The van der Waals surface area contributed by atoms with Crippen LogP contribution in [0.2, 0.25) is 18.1 Å². The van der Waals surface area contributed by atoms with Crippen LogP contribution in [0.3, 0.4) is 0 Å². The van der Waals surface area contributed by atoms with Crippen molar-refractivity contribution >= 4 is 38.9 Å². The van der Waals surface area contributed by atoms with Gasteiger partial charge in [0.15, 0.2) is 0 Å². The van der Waals surface area contributed by atoms with Crippen LogP contribution in [0.15, 0.2) is 15.0 Å². The van der Waals surface area contributed by atoms with E-state index in [0.29, 0.717) is 16.2 Å². The van der Waals surface area contributed by atoms with Crippen molar-refractivity contribution in [2.24, 2.45) is 10.1 Å². The molecule has 176 valence electrons. The second-order valence-corrected chi connectivity index (χ2v) is 17.6. The molecule has 0 aliphatic heterocycles. The summed E-state index contributed by atoms with van der Waals surface area (Å²) < 4.78 is 33.2. The van der Waals surface area contributed by atoms with Crippen LogP contribution >= 0.6 is 15.9 Å². The Morgan fingerprint density at radius 2 is 1.87 bits per heavy atom. The van der Waals surface area contributed by atoms with Crippen molar-refractivity contribution in [1.29, 1.82) is 5.26 Å². The molecule has 1 aromatic rings. The molecule has 0 amide bonds. The first kappa shape index (κ1) is 28.2. The summed E-state index contributed by atoms with van der Waals surface area (Å²) in [7, 11) is -5.26. The first-order chi connectivity index (χ1) is 14.3. The van der Waals surface area contributed by atoms with Gasteiger partial charge in [-0.25, -0.2) is 17.9 Å². The third-order valence-corrected chi connectivity index (χ3v) is 15.5. The fourth-order valence-corrected chi connectivity index (χ4v) is 10.4. The van der Waals surface area contributed by atoms with Crippen molar-refractivity contribution < 1.29 is 13.7 Å². The quantitative estimate of drug-likeness (QED) is 0.253. The molecule has 1 rings (SSSR count). The molecule has 1 heterocycles. The zero-order valence-electron chi connectivity index (χ0n) is 19.5. The van der Waals surface area contributed by atoms with Crippen molar-refractivity contribution in [3.05, 3.63) is 22.2 Å². The van der Waals surface area contributed by atoms with Crippen LogP contribution in [0.5, 0.6) is 0 Å². The fourth-order valence-electron chi connectivity index (χ4n) is 3.80. The number of nitrogens with zero attached hydrogens (tertiary/aromatic N) is 3. The summed E-state index contributed by atoms with van der Waals surface area (Å²) in [5.41, 5.74) is 5.21. The lowest BCUT2D eigenvalue weighted by Gasteiger charge is -2.34. The normalized spacial score (nSPS) is 16.3. The molecule has 0 radical (unpaired) electrons. The Kier molecular flexibility index (Phi) is 9.85. The van der Waals surface area contributed by atoms with Crippen molar-refractivity contribution in [2.75, 3.05) is 18.9 Å². The van der Waals surface area contributed by atoms with E-state index in [9.17, 15) is 9.47 Å². The van der Waals surface area contributed by atoms with Crippen molar-refractivity contribution in [3.8, 4) is 6.07 Å². The van der Waals surface area contributed by atoms with Crippen LogP contribution in [-0.4, -0.2) is 46.0 Å². The number of hydrogen-bond donors (Lipinski definition) is 2. The maximum atomic E-state index is 15.9. The number of pyridine rings is 1. The fraction of sp³-hybridized carbons (Fsp3) is 0.714. The Hall–Kier alpha value is -0.863. The summed E-state index contributed by atoms with van der Waals surface area (Å²) in [6.07, 6.45) is 0.324. The van der Waals surface area contributed by atoms with Gasteiger partial charge in [0.25, 0.3) is 0 Å². The Morgan fingerprint density at radius 3 is 2.32 bits per heavy atom. The summed E-state index contributed by atoms with van der Waals surface area (Å²) in [5, 5.41) is 19.4. The Bertz CT molecular complexity index is 928. The van der Waals surface area contributed by atoms with Gasteiger partial charge in [-0.1, -0.05) is 38.9 Å². The third-order valence-electron chi connectivity index (χ3n) is 6.25. The number of halogens is 2. The zero-order chi connectivity index (χ0) is 24.1. The summed E-state index contributed by atoms with van der Waals surface area (Å²) in [4.78, 5) is 4.36. The second-order valence-electron chi connectivity index (χ2n) is 8.75. The lowest BCUT2D eigenvalue weighted by molar-refractivity contribution is 0.291. The maximum absolute atomic E-state index is 15.9. The molecule has 0 aliphatic carbocycles. The average molecular weight is 536 g/mol. The second kappa shape index (κ2) is 10.8. The van der Waals surface area contributed by atoms with Crippen molar-refractivity contribution in [3.63, 3.8) is 0 Å². The van der Waals surface area contributed by atoms with Gasteiger partial charge in [-0.3, -0.25) is 0 Å². The number of nitriles is 1. The number of rotatable bonds is 11. The molecule has 1 aromatic heterocycles. The average Bonchev–Trinajstić information content (AvgIpc) is 2.71. The predicted molar refractivity (Wildman–Crippen MR) is 132 cm³/mol. The number of hydrogen-bond acceptors (Lipinski definition) is 6. The Labute approximate surface area is 196 Å². The van der Waals surface area contributed by atoms with E-state index in [1.807, 2.05) is 0 Å². The molecule has 0 fully saturated rings. The summed E-state index contributed by atoms with van der Waals surface area (Å²) in [5.74, 6) is -0.651. The molecule has 0 saturated carbocycles.